The van der Waals surface area contributed by atoms with E-state index in [0.29, 0.717) is 17.8 Å². The normalized spacial score (nSPS) is 12.1. The van der Waals surface area contributed by atoms with Crippen molar-refractivity contribution in [1.29, 1.82) is 0 Å². The molecule has 0 saturated heterocycles. The summed E-state index contributed by atoms with van der Waals surface area (Å²) in [6, 6.07) is 116. The monoisotopic (exact) mass is 1550 g/mol. The minimum absolute atomic E-state index is 0.665. The number of benzene rings is 14. The highest BCUT2D eigenvalue weighted by Crippen LogP contribution is 2.50. The Morgan fingerprint density at radius 3 is 0.966 bits per heavy atom. The van der Waals surface area contributed by atoms with Crippen molar-refractivity contribution in [3.8, 4) is 68.4 Å². The summed E-state index contributed by atoms with van der Waals surface area (Å²) in [5.74, 6) is 2.84. The van der Waals surface area contributed by atoms with E-state index in [4.69, 9.17) is 39.9 Å². The number of nitrogens with zero attached hydrogens (tertiary/aromatic N) is 12. The van der Waals surface area contributed by atoms with Crippen LogP contribution in [0.15, 0.2) is 340 Å². The van der Waals surface area contributed by atoms with E-state index in [1.54, 1.807) is 45.3 Å². The Morgan fingerprint density at radius 1 is 0.207 bits per heavy atom. The van der Waals surface area contributed by atoms with Crippen LogP contribution in [-0.4, -0.2) is 58.1 Å². The molecule has 0 aliphatic rings. The molecule has 14 aromatic carbocycles. The highest BCUT2D eigenvalue weighted by Gasteiger charge is 2.27. The second-order valence-electron chi connectivity index (χ2n) is 29.3. The maximum atomic E-state index is 5.36. The van der Waals surface area contributed by atoms with Gasteiger partial charge in [-0.05, 0) is 125 Å². The second-order valence-corrected chi connectivity index (χ2v) is 33.5. The zero-order valence-electron chi connectivity index (χ0n) is 61.3. The highest BCUT2D eigenvalue weighted by atomic mass is 32.1. The highest BCUT2D eigenvalue weighted by molar-refractivity contribution is 7.27. The SMILES string of the molecule is c1ccc(-c2nc(-n3c4ccc(-c5ccc6c(c5)c5c7ccccc7sc5n6-c5nc(-c6ccccc6)c6ccccc6n5)cc4c4c5ccccc5sc43)nc3ccccc23)cc1.c1ccc2nc(-n3c4ccc(-c5ccc6c(c5)c5c7ccccc7sc5n6-c5cnc6ccccc6n5)cc4c4c5ccccc5sc43)ncc2c1. The van der Waals surface area contributed by atoms with E-state index in [9.17, 15) is 0 Å². The molecule has 0 aliphatic carbocycles. The van der Waals surface area contributed by atoms with Crippen LogP contribution in [-0.2, 0) is 0 Å². The fourth-order valence-corrected chi connectivity index (χ4v) is 22.5. The maximum absolute atomic E-state index is 5.36. The Morgan fingerprint density at radius 2 is 0.534 bits per heavy atom. The summed E-state index contributed by atoms with van der Waals surface area (Å²) in [5.41, 5.74) is 17.5. The first-order valence-corrected chi connectivity index (χ1v) is 41.7. The molecule has 0 aliphatic heterocycles. The molecule has 0 unspecified atom stereocenters. The molecule has 0 saturated carbocycles. The molecule has 0 bridgehead atoms. The van der Waals surface area contributed by atoms with Crippen molar-refractivity contribution in [2.24, 2.45) is 0 Å². The van der Waals surface area contributed by atoms with Crippen molar-refractivity contribution in [1.82, 2.24) is 58.1 Å². The van der Waals surface area contributed by atoms with Crippen LogP contribution < -0.4 is 0 Å². The van der Waals surface area contributed by atoms with E-state index >= 15 is 0 Å². The molecule has 540 valence electrons. The Labute approximate surface area is 675 Å². The van der Waals surface area contributed by atoms with Gasteiger partial charge in [0.15, 0.2) is 5.82 Å². The number of hydrogen-bond acceptors (Lipinski definition) is 12. The Hall–Kier alpha value is -14.5. The third-order valence-corrected chi connectivity index (χ3v) is 27.5. The lowest BCUT2D eigenvalue weighted by Gasteiger charge is -2.12. The predicted octanol–water partition coefficient (Wildman–Crippen LogP) is 27.1. The van der Waals surface area contributed by atoms with Crippen LogP contribution in [0.3, 0.4) is 0 Å². The first-order chi connectivity index (χ1) is 57.5. The van der Waals surface area contributed by atoms with Crippen molar-refractivity contribution in [2.75, 3.05) is 0 Å². The van der Waals surface area contributed by atoms with Crippen molar-refractivity contribution in [3.05, 3.63) is 340 Å². The molecule has 116 heavy (non-hydrogen) atoms. The van der Waals surface area contributed by atoms with Gasteiger partial charge in [0.05, 0.1) is 67.2 Å². The van der Waals surface area contributed by atoms with Crippen molar-refractivity contribution in [2.45, 2.75) is 0 Å². The summed E-state index contributed by atoms with van der Waals surface area (Å²) in [7, 11) is 0. The fourth-order valence-electron chi connectivity index (χ4n) is 17.6. The Kier molecular flexibility index (Phi) is 14.3. The van der Waals surface area contributed by atoms with Gasteiger partial charge in [0, 0.05) is 117 Å². The van der Waals surface area contributed by atoms with Crippen molar-refractivity contribution in [3.63, 3.8) is 0 Å². The zero-order valence-corrected chi connectivity index (χ0v) is 64.6. The minimum Gasteiger partial charge on any atom is -0.284 e. The Balaban J connectivity index is 0.000000133. The van der Waals surface area contributed by atoms with E-state index in [1.165, 1.54) is 88.3 Å². The largest absolute Gasteiger partial charge is 0.284 e. The van der Waals surface area contributed by atoms with Gasteiger partial charge in [0.25, 0.3) is 0 Å². The van der Waals surface area contributed by atoms with Crippen LogP contribution in [0.4, 0.5) is 0 Å². The van der Waals surface area contributed by atoms with E-state index in [2.05, 4.69) is 297 Å². The first kappa shape index (κ1) is 65.1. The molecule has 0 radical (unpaired) electrons. The lowest BCUT2D eigenvalue weighted by atomic mass is 10.00. The van der Waals surface area contributed by atoms with Crippen LogP contribution >= 0.6 is 45.3 Å². The summed E-state index contributed by atoms with van der Waals surface area (Å²) in [6.45, 7) is 0. The average molecular weight is 1550 g/mol. The summed E-state index contributed by atoms with van der Waals surface area (Å²) in [4.78, 5) is 45.6. The van der Waals surface area contributed by atoms with Crippen LogP contribution in [0.2, 0.25) is 0 Å². The zero-order chi connectivity index (χ0) is 75.8. The lowest BCUT2D eigenvalue weighted by molar-refractivity contribution is 1.02. The van der Waals surface area contributed by atoms with Crippen molar-refractivity contribution < 1.29 is 0 Å². The molecule has 0 atom stereocenters. The number of hydrogen-bond donors (Lipinski definition) is 0. The third-order valence-electron chi connectivity index (χ3n) is 22.8. The maximum Gasteiger partial charge on any atom is 0.236 e. The molecular formula is C100H56N12S4. The van der Waals surface area contributed by atoms with Gasteiger partial charge in [-0.3, -0.25) is 23.3 Å². The molecule has 12 nitrogen and oxygen atoms in total. The molecule has 12 aromatic heterocycles. The van der Waals surface area contributed by atoms with Gasteiger partial charge in [-0.25, -0.2) is 34.9 Å². The van der Waals surface area contributed by atoms with E-state index in [1.807, 2.05) is 60.9 Å². The lowest BCUT2D eigenvalue weighted by Crippen LogP contribution is -2.03. The van der Waals surface area contributed by atoms with Gasteiger partial charge < -0.3 is 0 Å². The summed E-state index contributed by atoms with van der Waals surface area (Å²) in [6.07, 6.45) is 3.82. The van der Waals surface area contributed by atoms with Gasteiger partial charge in [-0.2, -0.15) is 0 Å². The number of para-hydroxylation sites is 5. The van der Waals surface area contributed by atoms with Crippen molar-refractivity contribution >= 4 is 214 Å². The summed E-state index contributed by atoms with van der Waals surface area (Å²) < 4.78 is 14.0. The van der Waals surface area contributed by atoms with Crippen LogP contribution in [0.25, 0.3) is 237 Å². The molecule has 12 heterocycles. The standard InChI is InChI=1S/C56H32N6S2.C44H24N6S2/c1-3-15-33(16-4-1)51-37-19-7-11-23-43(37)57-55(59-51)61-45-29-27-35(31-41(45)49-39-21-9-13-25-47(39)63-53(49)61)36-28-30-46-42(32-36)50-40-22-10-14-26-48(40)64-54(50)62(46)56-58-44-24-12-8-20-38(44)52(60-56)34-17-5-2-6-18-34;1-4-12-32-27(9-1)23-46-44(48-32)50-36-20-18-26(22-31(36)41-29-11-3-8-16-38(29)52-43(41)50)25-17-19-35-30(21-25)40-28-10-2-7-15-37(28)51-42(40)49(35)39-24-45-33-13-5-6-14-34(33)47-39/h1-32H;1-24H. The van der Waals surface area contributed by atoms with Crippen LogP contribution in [0, 0.1) is 0 Å². The van der Waals surface area contributed by atoms with Gasteiger partial charge in [-0.1, -0.05) is 224 Å². The number of aromatic nitrogens is 12. The molecule has 26 rings (SSSR count). The summed E-state index contributed by atoms with van der Waals surface area (Å²) in [5, 5.41) is 17.7. The molecule has 16 heteroatoms. The number of fused-ring (bicyclic) bond motifs is 24. The number of rotatable bonds is 8. The van der Waals surface area contributed by atoms with E-state index in [0.717, 1.165) is 131 Å². The quantitative estimate of drug-likeness (QED) is 0.147. The average Bonchev–Trinajstić information content (AvgIpc) is 1.57. The third kappa shape index (κ3) is 9.94. The van der Waals surface area contributed by atoms with E-state index in [-0.39, 0.29) is 0 Å². The smallest absolute Gasteiger partial charge is 0.236 e. The molecule has 0 spiro atoms. The fraction of sp³-hybridized carbons (Fsp3) is 0. The minimum atomic E-state index is 0.665. The number of thiophene rings is 4. The van der Waals surface area contributed by atoms with Gasteiger partial charge in [0.2, 0.25) is 17.8 Å². The molecule has 0 amide bonds. The first-order valence-electron chi connectivity index (χ1n) is 38.4. The van der Waals surface area contributed by atoms with Gasteiger partial charge >= 0.3 is 0 Å². The van der Waals surface area contributed by atoms with E-state index < -0.39 is 0 Å². The molecule has 0 N–H and O–H groups in total. The Bertz CT molecular complexity index is 8140. The van der Waals surface area contributed by atoms with Gasteiger partial charge in [0.1, 0.15) is 19.3 Å². The summed E-state index contributed by atoms with van der Waals surface area (Å²) >= 11 is 7.18. The predicted molar refractivity (Wildman–Crippen MR) is 486 cm³/mol. The van der Waals surface area contributed by atoms with Crippen LogP contribution in [0.1, 0.15) is 0 Å². The van der Waals surface area contributed by atoms with Crippen LogP contribution in [0.5, 0.6) is 0 Å². The second kappa shape index (κ2) is 25.5. The molecule has 0 fully saturated rings. The molecular weight excluding hydrogens is 1500 g/mol. The molecule has 26 aromatic rings. The van der Waals surface area contributed by atoms with Gasteiger partial charge in [-0.15, -0.1) is 45.3 Å². The topological polar surface area (TPSA) is 123 Å².